The first-order valence-electron chi connectivity index (χ1n) is 6.23. The predicted octanol–water partition coefficient (Wildman–Crippen LogP) is 2.15. The third kappa shape index (κ3) is 2.68. The van der Waals surface area contributed by atoms with Gasteiger partial charge in [-0.3, -0.25) is 4.79 Å². The summed E-state index contributed by atoms with van der Waals surface area (Å²) >= 11 is 0. The molecule has 100 valence electrons. The second kappa shape index (κ2) is 6.21. The largest absolute Gasteiger partial charge is 0.335 e. The van der Waals surface area contributed by atoms with Gasteiger partial charge < -0.3 is 10.6 Å². The zero-order valence-corrected chi connectivity index (χ0v) is 11.7. The van der Waals surface area contributed by atoms with Crippen LogP contribution in [-0.2, 0) is 11.2 Å². The lowest BCUT2D eigenvalue weighted by Crippen LogP contribution is -2.43. The zero-order chi connectivity index (χ0) is 12.4. The molecule has 1 aromatic rings. The van der Waals surface area contributed by atoms with E-state index in [9.17, 15) is 4.79 Å². The molecule has 0 saturated heterocycles. The van der Waals surface area contributed by atoms with Crippen molar-refractivity contribution in [2.75, 3.05) is 13.1 Å². The van der Waals surface area contributed by atoms with Gasteiger partial charge in [0.25, 0.3) is 0 Å². The third-order valence-electron chi connectivity index (χ3n) is 3.65. The van der Waals surface area contributed by atoms with Gasteiger partial charge >= 0.3 is 0 Å². The maximum absolute atomic E-state index is 12.2. The van der Waals surface area contributed by atoms with Crippen molar-refractivity contribution >= 4 is 18.3 Å². The Morgan fingerprint density at radius 1 is 1.50 bits per heavy atom. The highest BCUT2D eigenvalue weighted by molar-refractivity contribution is 5.85. The van der Waals surface area contributed by atoms with Crippen LogP contribution in [0.2, 0.25) is 0 Å². The summed E-state index contributed by atoms with van der Waals surface area (Å²) in [5.41, 5.74) is 8.21. The smallest absolute Gasteiger partial charge is 0.227 e. The lowest BCUT2D eigenvalue weighted by atomic mass is 9.92. The molecule has 18 heavy (non-hydrogen) atoms. The molecule has 3 nitrogen and oxygen atoms in total. The number of hydrogen-bond donors (Lipinski definition) is 1. The summed E-state index contributed by atoms with van der Waals surface area (Å²) in [6.07, 6.45) is 0.948. The standard InChI is InChI=1S/C14H20N2O.ClH/c1-10(9-15)14(17)16-8-7-12-5-3-4-6-13(12)11(16)2;/h3-6,10-11H,7-9,15H2,1-2H3;1H. The van der Waals surface area contributed by atoms with E-state index in [2.05, 4.69) is 25.1 Å². The van der Waals surface area contributed by atoms with Crippen molar-refractivity contribution in [1.82, 2.24) is 4.90 Å². The molecule has 1 amide bonds. The minimum atomic E-state index is -0.0808. The van der Waals surface area contributed by atoms with Crippen LogP contribution in [0, 0.1) is 5.92 Å². The van der Waals surface area contributed by atoms with E-state index in [4.69, 9.17) is 5.73 Å². The Bertz CT molecular complexity index is 422. The van der Waals surface area contributed by atoms with Crippen LogP contribution in [0.1, 0.15) is 31.0 Å². The average Bonchev–Trinajstić information content (AvgIpc) is 2.38. The Hall–Kier alpha value is -1.06. The van der Waals surface area contributed by atoms with Crippen molar-refractivity contribution in [3.63, 3.8) is 0 Å². The summed E-state index contributed by atoms with van der Waals surface area (Å²) in [7, 11) is 0. The van der Waals surface area contributed by atoms with Gasteiger partial charge in [0.2, 0.25) is 5.91 Å². The topological polar surface area (TPSA) is 46.3 Å². The fraction of sp³-hybridized carbons (Fsp3) is 0.500. The van der Waals surface area contributed by atoms with Crippen molar-refractivity contribution in [2.45, 2.75) is 26.3 Å². The van der Waals surface area contributed by atoms with Crippen molar-refractivity contribution < 1.29 is 4.79 Å². The van der Waals surface area contributed by atoms with Gasteiger partial charge in [0.05, 0.1) is 6.04 Å². The molecule has 0 bridgehead atoms. The predicted molar refractivity (Wildman–Crippen MR) is 75.7 cm³/mol. The van der Waals surface area contributed by atoms with Gasteiger partial charge in [-0.1, -0.05) is 31.2 Å². The molecule has 2 unspecified atom stereocenters. The van der Waals surface area contributed by atoms with Crippen molar-refractivity contribution in [3.8, 4) is 0 Å². The van der Waals surface area contributed by atoms with Crippen molar-refractivity contribution in [1.29, 1.82) is 0 Å². The number of rotatable bonds is 2. The Kier molecular flexibility index (Phi) is 5.17. The number of amides is 1. The molecule has 1 aliphatic heterocycles. The molecule has 0 saturated carbocycles. The van der Waals surface area contributed by atoms with E-state index in [1.807, 2.05) is 17.9 Å². The first kappa shape index (κ1) is 15.0. The van der Waals surface area contributed by atoms with Crippen LogP contribution >= 0.6 is 12.4 Å². The number of carbonyl (C=O) groups excluding carboxylic acids is 1. The molecule has 1 aliphatic rings. The van der Waals surface area contributed by atoms with Crippen LogP contribution in [0.25, 0.3) is 0 Å². The van der Waals surface area contributed by atoms with Gasteiger partial charge in [0.1, 0.15) is 0 Å². The van der Waals surface area contributed by atoms with E-state index in [0.29, 0.717) is 6.54 Å². The SMILES string of the molecule is CC(CN)C(=O)N1CCc2ccccc2C1C.Cl. The summed E-state index contributed by atoms with van der Waals surface area (Å²) in [6.45, 7) is 5.22. The molecule has 2 N–H and O–H groups in total. The average molecular weight is 269 g/mol. The van der Waals surface area contributed by atoms with E-state index in [-0.39, 0.29) is 30.3 Å². The van der Waals surface area contributed by atoms with Crippen LogP contribution in [0.3, 0.4) is 0 Å². The molecule has 0 fully saturated rings. The Morgan fingerprint density at radius 3 is 2.83 bits per heavy atom. The number of hydrogen-bond acceptors (Lipinski definition) is 2. The molecule has 0 spiro atoms. The minimum Gasteiger partial charge on any atom is -0.335 e. The van der Waals surface area contributed by atoms with E-state index >= 15 is 0 Å². The fourth-order valence-electron chi connectivity index (χ4n) is 2.46. The number of nitrogens with two attached hydrogens (primary N) is 1. The van der Waals surface area contributed by atoms with Gasteiger partial charge in [-0.15, -0.1) is 12.4 Å². The maximum Gasteiger partial charge on any atom is 0.227 e. The normalized spacial score (nSPS) is 19.7. The fourth-order valence-corrected chi connectivity index (χ4v) is 2.46. The highest BCUT2D eigenvalue weighted by Crippen LogP contribution is 2.29. The first-order valence-corrected chi connectivity index (χ1v) is 6.23. The lowest BCUT2D eigenvalue weighted by molar-refractivity contribution is -0.137. The highest BCUT2D eigenvalue weighted by Gasteiger charge is 2.29. The molecule has 0 aromatic heterocycles. The van der Waals surface area contributed by atoms with Gasteiger partial charge in [-0.25, -0.2) is 0 Å². The highest BCUT2D eigenvalue weighted by atomic mass is 35.5. The molecule has 2 atom stereocenters. The second-order valence-electron chi connectivity index (χ2n) is 4.79. The van der Waals surface area contributed by atoms with Gasteiger partial charge in [0, 0.05) is 19.0 Å². The van der Waals surface area contributed by atoms with E-state index in [1.165, 1.54) is 11.1 Å². The van der Waals surface area contributed by atoms with Gasteiger partial charge in [-0.2, -0.15) is 0 Å². The number of fused-ring (bicyclic) bond motifs is 1. The van der Waals surface area contributed by atoms with Crippen molar-refractivity contribution in [2.24, 2.45) is 11.7 Å². The molecule has 4 heteroatoms. The minimum absolute atomic E-state index is 0. The van der Waals surface area contributed by atoms with Crippen LogP contribution in [-0.4, -0.2) is 23.9 Å². The molecule has 2 rings (SSSR count). The summed E-state index contributed by atoms with van der Waals surface area (Å²) in [6, 6.07) is 8.54. The second-order valence-corrected chi connectivity index (χ2v) is 4.79. The molecule has 1 aromatic carbocycles. The van der Waals surface area contributed by atoms with Crippen molar-refractivity contribution in [3.05, 3.63) is 35.4 Å². The third-order valence-corrected chi connectivity index (χ3v) is 3.65. The Labute approximate surface area is 115 Å². The maximum atomic E-state index is 12.2. The van der Waals surface area contributed by atoms with Crippen LogP contribution in [0.5, 0.6) is 0 Å². The quantitative estimate of drug-likeness (QED) is 0.893. The zero-order valence-electron chi connectivity index (χ0n) is 10.9. The van der Waals surface area contributed by atoms with Crippen LogP contribution < -0.4 is 5.73 Å². The summed E-state index contributed by atoms with van der Waals surface area (Å²) < 4.78 is 0. The Morgan fingerprint density at radius 2 is 2.17 bits per heavy atom. The summed E-state index contributed by atoms with van der Waals surface area (Å²) in [5, 5.41) is 0. The lowest BCUT2D eigenvalue weighted by Gasteiger charge is -2.36. The van der Waals surface area contributed by atoms with Gasteiger partial charge in [-0.05, 0) is 24.5 Å². The molecule has 1 heterocycles. The van der Waals surface area contributed by atoms with Crippen LogP contribution in [0.4, 0.5) is 0 Å². The Balaban J connectivity index is 0.00000162. The molecule has 0 aliphatic carbocycles. The first-order chi connectivity index (χ1) is 8.15. The molecule has 0 radical (unpaired) electrons. The van der Waals surface area contributed by atoms with E-state index in [0.717, 1.165) is 13.0 Å². The number of nitrogens with zero attached hydrogens (tertiary/aromatic N) is 1. The summed E-state index contributed by atoms with van der Waals surface area (Å²) in [4.78, 5) is 14.2. The van der Waals surface area contributed by atoms with Gasteiger partial charge in [0.15, 0.2) is 0 Å². The van der Waals surface area contributed by atoms with E-state index < -0.39 is 0 Å². The molecular weight excluding hydrogens is 248 g/mol. The number of halogens is 1. The van der Waals surface area contributed by atoms with Crippen LogP contribution in [0.15, 0.2) is 24.3 Å². The monoisotopic (exact) mass is 268 g/mol. The summed E-state index contributed by atoms with van der Waals surface area (Å²) in [5.74, 6) is 0.0946. The number of carbonyl (C=O) groups is 1. The number of benzene rings is 1. The molecular formula is C14H21ClN2O. The van der Waals surface area contributed by atoms with E-state index in [1.54, 1.807) is 0 Å².